The molecule has 0 aliphatic rings. The van der Waals surface area contributed by atoms with Gasteiger partial charge in [-0.1, -0.05) is 20.8 Å². The van der Waals surface area contributed by atoms with E-state index in [-0.39, 0.29) is 34.4 Å². The second kappa shape index (κ2) is 13.2. The number of ether oxygens (including phenoxy) is 1. The van der Waals surface area contributed by atoms with Crippen LogP contribution in [-0.4, -0.2) is 55.3 Å². The number of carbonyl (C=O) groups excluding carboxylic acids is 1. The molecule has 0 spiro atoms. The summed E-state index contributed by atoms with van der Waals surface area (Å²) in [6.45, 7) is 8.65. The monoisotopic (exact) mass is 579 g/mol. The van der Waals surface area contributed by atoms with Crippen LogP contribution in [0.25, 0.3) is 0 Å². The summed E-state index contributed by atoms with van der Waals surface area (Å²) in [4.78, 5) is 24.8. The number of nitrogens with zero attached hydrogens (tertiary/aromatic N) is 4. The molecule has 2 aromatic carbocycles. The molecule has 0 fully saturated rings. The minimum absolute atomic E-state index is 0.0834. The minimum atomic E-state index is -3.92. The Bertz CT molecular complexity index is 1360. The number of rotatable bonds is 13. The van der Waals surface area contributed by atoms with Gasteiger partial charge in [-0.25, -0.2) is 8.42 Å². The summed E-state index contributed by atoms with van der Waals surface area (Å²) in [5.41, 5.74) is -0.745. The average Bonchev–Trinajstić information content (AvgIpc) is 2.88. The number of anilines is 2. The zero-order valence-corrected chi connectivity index (χ0v) is 24.5. The van der Waals surface area contributed by atoms with E-state index >= 15 is 0 Å². The van der Waals surface area contributed by atoms with Crippen molar-refractivity contribution in [3.05, 3.63) is 40.4 Å². The van der Waals surface area contributed by atoms with Crippen molar-refractivity contribution in [2.75, 3.05) is 23.6 Å². The second-order valence-electron chi connectivity index (χ2n) is 9.39. The Morgan fingerprint density at radius 3 is 2.08 bits per heavy atom. The number of nitro groups is 1. The summed E-state index contributed by atoms with van der Waals surface area (Å²) in [6.07, 6.45) is 0.334. The van der Waals surface area contributed by atoms with E-state index in [1.165, 1.54) is 44.1 Å². The largest absolute Gasteiger partial charge is 0.494 e. The number of hydrogen-bond donors (Lipinski definition) is 3. The number of methoxy groups -OCH3 is 1. The van der Waals surface area contributed by atoms with Crippen molar-refractivity contribution in [1.82, 2.24) is 0 Å². The summed E-state index contributed by atoms with van der Waals surface area (Å²) in [7, 11) is -2.55. The first kappa shape index (κ1) is 32.6. The molecule has 13 nitrogen and oxygen atoms in total. The molecular weight excluding hydrogens is 542 g/mol. The third-order valence-electron chi connectivity index (χ3n) is 6.96. The van der Waals surface area contributed by atoms with Gasteiger partial charge in [-0.2, -0.15) is 0 Å². The molecule has 1 amide bonds. The van der Waals surface area contributed by atoms with E-state index < -0.39 is 43.2 Å². The Kier molecular flexibility index (Phi) is 10.7. The molecule has 0 bridgehead atoms. The molecule has 3 N–H and O–H groups in total. The topological polar surface area (TPSA) is 184 Å². The van der Waals surface area contributed by atoms with Gasteiger partial charge in [-0.3, -0.25) is 14.9 Å². The van der Waals surface area contributed by atoms with Crippen molar-refractivity contribution in [2.45, 2.75) is 71.2 Å². The number of hydrogen-bond acceptors (Lipinski definition) is 11. The molecule has 0 aromatic heterocycles. The maximum Gasteiger partial charge on any atom is 0.270 e. The highest BCUT2D eigenvalue weighted by Gasteiger charge is 2.34. The van der Waals surface area contributed by atoms with Gasteiger partial charge in [0, 0.05) is 29.9 Å². The highest BCUT2D eigenvalue weighted by Crippen LogP contribution is 2.42. The van der Waals surface area contributed by atoms with Crippen molar-refractivity contribution < 1.29 is 33.1 Å². The van der Waals surface area contributed by atoms with Gasteiger partial charge in [0.05, 0.1) is 23.4 Å². The number of amides is 1. The van der Waals surface area contributed by atoms with Gasteiger partial charge in [-0.05, 0) is 45.2 Å². The molecule has 220 valence electrons. The number of nitrogens with one attached hydrogen (secondary N) is 1. The number of azo groups is 1. The zero-order chi connectivity index (χ0) is 30.4. The SMILES string of the molecule is CCC(CC)(CC)C(=O)Nc1cc(N(C(C)O)C(C)O)c(OC)cc1N=Nc1ccc([N+](=O)[O-])cc1S(C)(=O)=O. The Hall–Kier alpha value is -3.62. The summed E-state index contributed by atoms with van der Waals surface area (Å²) >= 11 is 0. The fraction of sp³-hybridized carbons (Fsp3) is 0.500. The highest BCUT2D eigenvalue weighted by atomic mass is 32.2. The van der Waals surface area contributed by atoms with Crippen molar-refractivity contribution in [3.63, 3.8) is 0 Å². The fourth-order valence-corrected chi connectivity index (χ4v) is 5.23. The number of benzene rings is 2. The van der Waals surface area contributed by atoms with Crippen molar-refractivity contribution in [1.29, 1.82) is 0 Å². The van der Waals surface area contributed by atoms with E-state index in [4.69, 9.17) is 4.74 Å². The fourth-order valence-electron chi connectivity index (χ4n) is 4.41. The van der Waals surface area contributed by atoms with E-state index in [0.29, 0.717) is 19.3 Å². The molecule has 14 heteroatoms. The molecule has 0 radical (unpaired) electrons. The van der Waals surface area contributed by atoms with Gasteiger partial charge < -0.3 is 25.2 Å². The first-order chi connectivity index (χ1) is 18.6. The lowest BCUT2D eigenvalue weighted by Crippen LogP contribution is -2.40. The summed E-state index contributed by atoms with van der Waals surface area (Å²) in [6, 6.07) is 6.07. The molecule has 2 rings (SSSR count). The Labute approximate surface area is 233 Å². The van der Waals surface area contributed by atoms with Crippen LogP contribution in [0.5, 0.6) is 5.75 Å². The number of sulfone groups is 1. The Morgan fingerprint density at radius 1 is 1.07 bits per heavy atom. The maximum atomic E-state index is 13.5. The molecule has 0 saturated heterocycles. The van der Waals surface area contributed by atoms with Crippen LogP contribution in [0, 0.1) is 15.5 Å². The molecule has 0 saturated carbocycles. The van der Waals surface area contributed by atoms with Gasteiger partial charge in [0.2, 0.25) is 5.91 Å². The molecular formula is C26H37N5O8S. The minimum Gasteiger partial charge on any atom is -0.494 e. The molecule has 2 aromatic rings. The average molecular weight is 580 g/mol. The highest BCUT2D eigenvalue weighted by molar-refractivity contribution is 7.90. The summed E-state index contributed by atoms with van der Waals surface area (Å²) in [5.74, 6) is -0.103. The van der Waals surface area contributed by atoms with Crippen LogP contribution in [-0.2, 0) is 14.6 Å². The van der Waals surface area contributed by atoms with E-state index in [1.807, 2.05) is 20.8 Å². The van der Waals surface area contributed by atoms with Crippen LogP contribution in [0.3, 0.4) is 0 Å². The van der Waals surface area contributed by atoms with Gasteiger partial charge in [0.25, 0.3) is 5.69 Å². The maximum absolute atomic E-state index is 13.5. The lowest BCUT2D eigenvalue weighted by atomic mass is 9.79. The molecule has 0 aliphatic carbocycles. The molecule has 0 aliphatic heterocycles. The lowest BCUT2D eigenvalue weighted by molar-refractivity contribution is -0.385. The van der Waals surface area contributed by atoms with Gasteiger partial charge in [0.1, 0.15) is 34.5 Å². The van der Waals surface area contributed by atoms with E-state index in [9.17, 15) is 33.5 Å². The van der Waals surface area contributed by atoms with Crippen LogP contribution in [0.15, 0.2) is 45.5 Å². The normalized spacial score (nSPS) is 13.6. The quantitative estimate of drug-likeness (QED) is 0.126. The van der Waals surface area contributed by atoms with Crippen LogP contribution in [0.2, 0.25) is 0 Å². The van der Waals surface area contributed by atoms with Gasteiger partial charge in [0.15, 0.2) is 9.84 Å². The predicted octanol–water partition coefficient (Wildman–Crippen LogP) is 5.06. The number of aliphatic hydroxyl groups excluding tert-OH is 2. The van der Waals surface area contributed by atoms with E-state index in [2.05, 4.69) is 15.5 Å². The molecule has 40 heavy (non-hydrogen) atoms. The Morgan fingerprint density at radius 2 is 1.62 bits per heavy atom. The third-order valence-corrected chi connectivity index (χ3v) is 8.09. The first-order valence-corrected chi connectivity index (χ1v) is 14.6. The van der Waals surface area contributed by atoms with Crippen molar-refractivity contribution in [3.8, 4) is 5.75 Å². The molecule has 0 heterocycles. The third kappa shape index (κ3) is 7.11. The van der Waals surface area contributed by atoms with Crippen molar-refractivity contribution in [2.24, 2.45) is 15.6 Å². The number of aliphatic hydroxyl groups is 2. The molecule has 2 unspecified atom stereocenters. The summed E-state index contributed by atoms with van der Waals surface area (Å²) in [5, 5.41) is 43.0. The lowest BCUT2D eigenvalue weighted by Gasteiger charge is -2.33. The zero-order valence-electron chi connectivity index (χ0n) is 23.7. The Balaban J connectivity index is 2.80. The van der Waals surface area contributed by atoms with Crippen LogP contribution < -0.4 is 15.0 Å². The first-order valence-electron chi connectivity index (χ1n) is 12.7. The van der Waals surface area contributed by atoms with Crippen LogP contribution >= 0.6 is 0 Å². The second-order valence-corrected chi connectivity index (χ2v) is 11.4. The van der Waals surface area contributed by atoms with Crippen LogP contribution in [0.4, 0.5) is 28.4 Å². The molecule has 2 atom stereocenters. The smallest absolute Gasteiger partial charge is 0.270 e. The number of nitro benzene ring substituents is 1. The van der Waals surface area contributed by atoms with E-state index in [0.717, 1.165) is 18.4 Å². The van der Waals surface area contributed by atoms with Crippen molar-refractivity contribution >= 4 is 44.2 Å². The number of carbonyl (C=O) groups is 1. The van der Waals surface area contributed by atoms with Gasteiger partial charge >= 0.3 is 0 Å². The predicted molar refractivity (Wildman–Crippen MR) is 151 cm³/mol. The van der Waals surface area contributed by atoms with Gasteiger partial charge in [-0.15, -0.1) is 10.2 Å². The van der Waals surface area contributed by atoms with Crippen LogP contribution in [0.1, 0.15) is 53.9 Å². The number of non-ortho nitro benzene ring substituents is 1. The standard InChI is InChI=1S/C26H37N5O8S/c1-8-26(9-2,10-3)25(34)27-20-14-22(30(16(4)32)17(5)33)23(39-6)15-21(20)29-28-19-12-11-18(31(35)36)13-24(19)40(7,37)38/h11-17,32-33H,8-10H2,1-7H3,(H,27,34). The summed E-state index contributed by atoms with van der Waals surface area (Å²) < 4.78 is 30.2. The van der Waals surface area contributed by atoms with E-state index in [1.54, 1.807) is 0 Å².